The molecule has 2 aromatic carbocycles. The highest BCUT2D eigenvalue weighted by molar-refractivity contribution is 7.99. The Morgan fingerprint density at radius 1 is 1.24 bits per heavy atom. The van der Waals surface area contributed by atoms with Gasteiger partial charge >= 0.3 is 0 Å². The molecular formula is C15H15FN2O2S. The van der Waals surface area contributed by atoms with Gasteiger partial charge in [-0.1, -0.05) is 24.8 Å². The minimum Gasteiger partial charge on any atom is -0.313 e. The fraction of sp³-hybridized carbons (Fsp3) is 0.200. The largest absolute Gasteiger partial charge is 0.313 e. The van der Waals surface area contributed by atoms with Gasteiger partial charge in [0.15, 0.2) is 0 Å². The van der Waals surface area contributed by atoms with Gasteiger partial charge in [0.2, 0.25) is 0 Å². The van der Waals surface area contributed by atoms with Crippen molar-refractivity contribution >= 4 is 17.4 Å². The Balaban J connectivity index is 2.10. The third-order valence-corrected chi connectivity index (χ3v) is 3.91. The molecule has 0 aliphatic carbocycles. The van der Waals surface area contributed by atoms with E-state index < -0.39 is 4.92 Å². The highest BCUT2D eigenvalue weighted by Crippen LogP contribution is 2.31. The highest BCUT2D eigenvalue weighted by Gasteiger charge is 2.08. The zero-order valence-electron chi connectivity index (χ0n) is 11.5. The summed E-state index contributed by atoms with van der Waals surface area (Å²) in [6, 6.07) is 11.2. The van der Waals surface area contributed by atoms with Crippen molar-refractivity contribution in [3.63, 3.8) is 0 Å². The van der Waals surface area contributed by atoms with Crippen LogP contribution in [-0.4, -0.2) is 11.5 Å². The molecule has 6 heteroatoms. The zero-order chi connectivity index (χ0) is 15.2. The Hall–Kier alpha value is -1.92. The summed E-state index contributed by atoms with van der Waals surface area (Å²) in [6.07, 6.45) is 0. The maximum atomic E-state index is 14.0. The first-order valence-electron chi connectivity index (χ1n) is 6.51. The molecule has 0 fully saturated rings. The van der Waals surface area contributed by atoms with Crippen LogP contribution in [0.4, 0.5) is 10.1 Å². The van der Waals surface area contributed by atoms with Crippen molar-refractivity contribution in [1.82, 2.24) is 5.32 Å². The second-order valence-corrected chi connectivity index (χ2v) is 5.51. The minimum atomic E-state index is -0.454. The van der Waals surface area contributed by atoms with Gasteiger partial charge in [-0.3, -0.25) is 10.1 Å². The Morgan fingerprint density at radius 2 is 1.95 bits per heavy atom. The number of nitrogens with one attached hydrogen (secondary N) is 1. The monoisotopic (exact) mass is 306 g/mol. The standard InChI is InChI=1S/C15H15FN2O2S/c1-2-17-10-11-3-8-15(14(16)9-11)21-13-6-4-12(5-7-13)18(19)20/h3-9,17H,2,10H2,1H3. The molecule has 0 spiro atoms. The second-order valence-electron chi connectivity index (χ2n) is 4.40. The molecule has 0 radical (unpaired) electrons. The average Bonchev–Trinajstić information content (AvgIpc) is 2.48. The topological polar surface area (TPSA) is 55.2 Å². The van der Waals surface area contributed by atoms with Crippen molar-refractivity contribution in [2.45, 2.75) is 23.3 Å². The number of non-ortho nitro benzene ring substituents is 1. The van der Waals surface area contributed by atoms with Crippen molar-refractivity contribution in [2.24, 2.45) is 0 Å². The summed E-state index contributed by atoms with van der Waals surface area (Å²) in [7, 11) is 0. The van der Waals surface area contributed by atoms with Crippen LogP contribution in [0.25, 0.3) is 0 Å². The number of rotatable bonds is 6. The number of nitrogens with zero attached hydrogens (tertiary/aromatic N) is 1. The van der Waals surface area contributed by atoms with E-state index in [2.05, 4.69) is 5.32 Å². The van der Waals surface area contributed by atoms with Gasteiger partial charge in [-0.25, -0.2) is 4.39 Å². The normalized spacial score (nSPS) is 10.6. The molecule has 2 aromatic rings. The molecule has 0 aromatic heterocycles. The summed E-state index contributed by atoms with van der Waals surface area (Å²) < 4.78 is 14.0. The van der Waals surface area contributed by atoms with Gasteiger partial charge in [0.25, 0.3) is 5.69 Å². The molecule has 1 N–H and O–H groups in total. The molecule has 21 heavy (non-hydrogen) atoms. The minimum absolute atomic E-state index is 0.0285. The predicted octanol–water partition coefficient (Wildman–Crippen LogP) is 3.99. The molecule has 0 bridgehead atoms. The first kappa shape index (κ1) is 15.5. The SMILES string of the molecule is CCNCc1ccc(Sc2ccc([N+](=O)[O-])cc2)c(F)c1. The van der Waals surface area contributed by atoms with E-state index in [1.165, 1.54) is 30.0 Å². The number of nitro groups is 1. The number of hydrogen-bond acceptors (Lipinski definition) is 4. The fourth-order valence-electron chi connectivity index (χ4n) is 1.77. The molecule has 110 valence electrons. The molecular weight excluding hydrogens is 291 g/mol. The van der Waals surface area contributed by atoms with Gasteiger partial charge in [-0.2, -0.15) is 0 Å². The number of halogens is 1. The van der Waals surface area contributed by atoms with E-state index in [0.29, 0.717) is 11.4 Å². The Kier molecular flexibility index (Phi) is 5.30. The van der Waals surface area contributed by atoms with Crippen molar-refractivity contribution < 1.29 is 9.31 Å². The van der Waals surface area contributed by atoms with Crippen molar-refractivity contribution in [1.29, 1.82) is 0 Å². The Bertz CT molecular complexity index is 632. The van der Waals surface area contributed by atoms with Crippen LogP contribution in [0.2, 0.25) is 0 Å². The van der Waals surface area contributed by atoms with Gasteiger partial charge in [-0.05, 0) is 36.4 Å². The van der Waals surface area contributed by atoms with E-state index in [1.807, 2.05) is 13.0 Å². The summed E-state index contributed by atoms with van der Waals surface area (Å²) in [5.74, 6) is -0.284. The molecule has 4 nitrogen and oxygen atoms in total. The molecule has 0 aliphatic rings. The molecule has 0 atom stereocenters. The van der Waals surface area contributed by atoms with Crippen molar-refractivity contribution in [3.8, 4) is 0 Å². The Labute approximate surface area is 126 Å². The first-order chi connectivity index (χ1) is 10.1. The lowest BCUT2D eigenvalue weighted by Crippen LogP contribution is -2.11. The van der Waals surface area contributed by atoms with Gasteiger partial charge in [0.05, 0.1) is 4.92 Å². The van der Waals surface area contributed by atoms with Crippen LogP contribution in [0.3, 0.4) is 0 Å². The lowest BCUT2D eigenvalue weighted by Gasteiger charge is -2.06. The second kappa shape index (κ2) is 7.19. The van der Waals surface area contributed by atoms with E-state index in [9.17, 15) is 14.5 Å². The quantitative estimate of drug-likeness (QED) is 0.647. The summed E-state index contributed by atoms with van der Waals surface area (Å²) in [5, 5.41) is 13.7. The summed E-state index contributed by atoms with van der Waals surface area (Å²) in [6.45, 7) is 3.46. The van der Waals surface area contributed by atoms with Gasteiger partial charge in [0.1, 0.15) is 5.82 Å². The van der Waals surface area contributed by atoms with Crippen LogP contribution in [0.5, 0.6) is 0 Å². The van der Waals surface area contributed by atoms with E-state index in [4.69, 9.17) is 0 Å². The van der Waals surface area contributed by atoms with Gasteiger partial charge in [0, 0.05) is 28.5 Å². The maximum Gasteiger partial charge on any atom is 0.269 e. The molecule has 0 unspecified atom stereocenters. The van der Waals surface area contributed by atoms with Crippen molar-refractivity contribution in [2.75, 3.05) is 6.54 Å². The summed E-state index contributed by atoms with van der Waals surface area (Å²) in [5.41, 5.74) is 0.920. The molecule has 0 aliphatic heterocycles. The Morgan fingerprint density at radius 3 is 2.52 bits per heavy atom. The number of nitro benzene ring substituents is 1. The summed E-state index contributed by atoms with van der Waals surface area (Å²) in [4.78, 5) is 11.4. The lowest BCUT2D eigenvalue weighted by atomic mass is 10.2. The molecule has 0 saturated heterocycles. The smallest absolute Gasteiger partial charge is 0.269 e. The van der Waals surface area contributed by atoms with Crippen LogP contribution >= 0.6 is 11.8 Å². The maximum absolute atomic E-state index is 14.0. The zero-order valence-corrected chi connectivity index (χ0v) is 12.3. The van der Waals surface area contributed by atoms with E-state index in [-0.39, 0.29) is 11.5 Å². The molecule has 2 rings (SSSR count). The van der Waals surface area contributed by atoms with Crippen LogP contribution < -0.4 is 5.32 Å². The third-order valence-electron chi connectivity index (χ3n) is 2.85. The predicted molar refractivity (Wildman–Crippen MR) is 81.0 cm³/mol. The van der Waals surface area contributed by atoms with E-state index >= 15 is 0 Å². The average molecular weight is 306 g/mol. The van der Waals surface area contributed by atoms with Crippen LogP contribution in [0.15, 0.2) is 52.3 Å². The molecule has 0 amide bonds. The van der Waals surface area contributed by atoms with E-state index in [0.717, 1.165) is 17.0 Å². The third kappa shape index (κ3) is 4.27. The van der Waals surface area contributed by atoms with Crippen LogP contribution in [-0.2, 0) is 6.54 Å². The first-order valence-corrected chi connectivity index (χ1v) is 7.33. The van der Waals surface area contributed by atoms with Gasteiger partial charge < -0.3 is 5.32 Å². The van der Waals surface area contributed by atoms with Crippen LogP contribution in [0.1, 0.15) is 12.5 Å². The highest BCUT2D eigenvalue weighted by atomic mass is 32.2. The number of benzene rings is 2. The van der Waals surface area contributed by atoms with E-state index in [1.54, 1.807) is 18.2 Å². The molecule has 0 heterocycles. The van der Waals surface area contributed by atoms with Gasteiger partial charge in [-0.15, -0.1) is 0 Å². The van der Waals surface area contributed by atoms with Crippen molar-refractivity contribution in [3.05, 3.63) is 64.0 Å². The fourth-order valence-corrected chi connectivity index (χ4v) is 2.59. The van der Waals surface area contributed by atoms with Crippen LogP contribution in [0, 0.1) is 15.9 Å². The lowest BCUT2D eigenvalue weighted by molar-refractivity contribution is -0.384. The number of hydrogen-bond donors (Lipinski definition) is 1. The molecule has 0 saturated carbocycles. The summed E-state index contributed by atoms with van der Waals surface area (Å²) >= 11 is 1.25.